The van der Waals surface area contributed by atoms with Crippen molar-refractivity contribution in [1.82, 2.24) is 29.6 Å². The van der Waals surface area contributed by atoms with Crippen molar-refractivity contribution < 1.29 is 17.8 Å². The molecule has 0 saturated heterocycles. The zero-order chi connectivity index (χ0) is 20.4. The Morgan fingerprint density at radius 1 is 1.21 bits per heavy atom. The van der Waals surface area contributed by atoms with Crippen LogP contribution < -0.4 is 15.2 Å². The molecular weight excluding hydrogens is 398 g/mol. The van der Waals surface area contributed by atoms with Gasteiger partial charge in [0.25, 0.3) is 0 Å². The molecule has 0 saturated carbocycles. The van der Waals surface area contributed by atoms with Crippen LogP contribution in [-0.2, 0) is 10.0 Å². The number of nitrogens with one attached hydrogen (secondary N) is 1. The summed E-state index contributed by atoms with van der Waals surface area (Å²) in [4.78, 5) is 8.66. The standard InChI is InChI=1S/C17H17N7O4S/c1-29(25,26)20-8-9-27-12-4-2-11(3-5-12)24-14-6-7-19-10-13(14)21-17(24)15-16(18)23-28-22-15/h2-7,10,20H,8-9H2,1H3,(H2,18,23). The number of aromatic nitrogens is 5. The first-order valence-corrected chi connectivity index (χ1v) is 10.4. The second kappa shape index (κ2) is 7.48. The van der Waals surface area contributed by atoms with Gasteiger partial charge in [-0.25, -0.2) is 22.8 Å². The number of imidazole rings is 1. The Bertz CT molecular complexity index is 1250. The Hall–Kier alpha value is -3.51. The molecule has 0 aliphatic heterocycles. The Balaban J connectivity index is 1.64. The van der Waals surface area contributed by atoms with Crippen LogP contribution in [0.15, 0.2) is 47.4 Å². The first kappa shape index (κ1) is 18.8. The maximum Gasteiger partial charge on any atom is 0.208 e. The van der Waals surface area contributed by atoms with Gasteiger partial charge in [0.1, 0.15) is 17.9 Å². The predicted molar refractivity (Wildman–Crippen MR) is 105 cm³/mol. The summed E-state index contributed by atoms with van der Waals surface area (Å²) in [5.41, 5.74) is 8.45. The van der Waals surface area contributed by atoms with Crippen LogP contribution in [0.3, 0.4) is 0 Å². The molecular formula is C17H17N7O4S. The maximum atomic E-state index is 11.1. The highest BCUT2D eigenvalue weighted by atomic mass is 32.2. The summed E-state index contributed by atoms with van der Waals surface area (Å²) >= 11 is 0. The summed E-state index contributed by atoms with van der Waals surface area (Å²) in [6.07, 6.45) is 4.41. The summed E-state index contributed by atoms with van der Waals surface area (Å²) < 4.78 is 36.7. The highest BCUT2D eigenvalue weighted by molar-refractivity contribution is 7.88. The minimum atomic E-state index is -3.24. The van der Waals surface area contributed by atoms with Gasteiger partial charge in [-0.1, -0.05) is 0 Å². The minimum Gasteiger partial charge on any atom is -0.492 e. The molecule has 0 radical (unpaired) electrons. The van der Waals surface area contributed by atoms with Gasteiger partial charge in [-0.2, -0.15) is 0 Å². The van der Waals surface area contributed by atoms with Crippen LogP contribution in [0, 0.1) is 0 Å². The van der Waals surface area contributed by atoms with Crippen LogP contribution in [0.1, 0.15) is 0 Å². The summed E-state index contributed by atoms with van der Waals surface area (Å²) in [5.74, 6) is 1.20. The van der Waals surface area contributed by atoms with Gasteiger partial charge >= 0.3 is 0 Å². The van der Waals surface area contributed by atoms with Crippen molar-refractivity contribution in [1.29, 1.82) is 0 Å². The largest absolute Gasteiger partial charge is 0.492 e. The number of pyridine rings is 1. The summed E-state index contributed by atoms with van der Waals surface area (Å²) in [6.45, 7) is 0.390. The average Bonchev–Trinajstić information content (AvgIpc) is 3.28. The zero-order valence-electron chi connectivity index (χ0n) is 15.3. The van der Waals surface area contributed by atoms with Crippen molar-refractivity contribution in [2.45, 2.75) is 0 Å². The van der Waals surface area contributed by atoms with Crippen molar-refractivity contribution in [3.63, 3.8) is 0 Å². The van der Waals surface area contributed by atoms with Crippen molar-refractivity contribution in [2.75, 3.05) is 25.1 Å². The van der Waals surface area contributed by atoms with Crippen molar-refractivity contribution in [2.24, 2.45) is 0 Å². The third-order valence-corrected chi connectivity index (χ3v) is 4.74. The number of nitrogen functional groups attached to an aromatic ring is 1. The molecule has 3 heterocycles. The quantitative estimate of drug-likeness (QED) is 0.421. The first-order chi connectivity index (χ1) is 13.9. The molecule has 0 aliphatic rings. The predicted octanol–water partition coefficient (Wildman–Crippen LogP) is 0.981. The highest BCUT2D eigenvalue weighted by Crippen LogP contribution is 2.30. The number of hydrogen-bond donors (Lipinski definition) is 2. The lowest BCUT2D eigenvalue weighted by atomic mass is 10.2. The molecule has 12 heteroatoms. The second-order valence-electron chi connectivity index (χ2n) is 6.14. The molecule has 150 valence electrons. The van der Waals surface area contributed by atoms with E-state index in [1.807, 2.05) is 22.8 Å². The average molecular weight is 415 g/mol. The normalized spacial score (nSPS) is 11.8. The number of hydrogen-bond acceptors (Lipinski definition) is 9. The van der Waals surface area contributed by atoms with Gasteiger partial charge in [-0.05, 0) is 40.6 Å². The number of benzene rings is 1. The molecule has 0 bridgehead atoms. The van der Waals surface area contributed by atoms with E-state index in [4.69, 9.17) is 15.1 Å². The smallest absolute Gasteiger partial charge is 0.208 e. The lowest BCUT2D eigenvalue weighted by Crippen LogP contribution is -2.26. The van der Waals surface area contributed by atoms with E-state index >= 15 is 0 Å². The highest BCUT2D eigenvalue weighted by Gasteiger charge is 2.20. The summed E-state index contributed by atoms with van der Waals surface area (Å²) in [5, 5.41) is 7.48. The van der Waals surface area contributed by atoms with Gasteiger partial charge in [-0.15, -0.1) is 0 Å². The minimum absolute atomic E-state index is 0.132. The molecule has 3 N–H and O–H groups in total. The van der Waals surface area contributed by atoms with Crippen LogP contribution in [-0.4, -0.2) is 52.7 Å². The van der Waals surface area contributed by atoms with Crippen LogP contribution in [0.4, 0.5) is 5.82 Å². The van der Waals surface area contributed by atoms with E-state index in [0.29, 0.717) is 22.8 Å². The van der Waals surface area contributed by atoms with Crippen LogP contribution >= 0.6 is 0 Å². The molecule has 3 aromatic heterocycles. The fourth-order valence-electron chi connectivity index (χ4n) is 2.79. The third-order valence-electron chi connectivity index (χ3n) is 4.01. The monoisotopic (exact) mass is 415 g/mol. The second-order valence-corrected chi connectivity index (χ2v) is 7.98. The number of sulfonamides is 1. The van der Waals surface area contributed by atoms with Crippen LogP contribution in [0.2, 0.25) is 0 Å². The summed E-state index contributed by atoms with van der Waals surface area (Å²) in [7, 11) is -3.24. The maximum absolute atomic E-state index is 11.1. The van der Waals surface area contributed by atoms with E-state index in [1.54, 1.807) is 24.5 Å². The topological polar surface area (TPSA) is 151 Å². The fourth-order valence-corrected chi connectivity index (χ4v) is 3.24. The molecule has 4 aromatic rings. The number of nitrogens with two attached hydrogens (primary N) is 1. The van der Waals surface area contributed by atoms with Crippen LogP contribution in [0.25, 0.3) is 28.2 Å². The molecule has 0 fully saturated rings. The van der Waals surface area contributed by atoms with E-state index in [2.05, 4.69) is 25.0 Å². The van der Waals surface area contributed by atoms with Gasteiger partial charge in [0, 0.05) is 18.4 Å². The number of ether oxygens (including phenoxy) is 1. The molecule has 0 aliphatic carbocycles. The van der Waals surface area contributed by atoms with E-state index in [-0.39, 0.29) is 19.0 Å². The SMILES string of the molecule is CS(=O)(=O)NCCOc1ccc(-n2c(-c3nonc3N)nc3cnccc32)cc1. The Morgan fingerprint density at radius 2 is 2.00 bits per heavy atom. The Morgan fingerprint density at radius 3 is 2.69 bits per heavy atom. The van der Waals surface area contributed by atoms with Crippen molar-refractivity contribution >= 4 is 26.9 Å². The first-order valence-electron chi connectivity index (χ1n) is 8.51. The molecule has 0 spiro atoms. The van der Waals surface area contributed by atoms with E-state index in [0.717, 1.165) is 17.5 Å². The molecule has 0 atom stereocenters. The Labute approximate surface area is 165 Å². The molecule has 1 aromatic carbocycles. The molecule has 0 amide bonds. The third kappa shape index (κ3) is 4.02. The number of rotatable bonds is 7. The lowest BCUT2D eigenvalue weighted by Gasteiger charge is -2.10. The van der Waals surface area contributed by atoms with Gasteiger partial charge in [0.15, 0.2) is 17.3 Å². The van der Waals surface area contributed by atoms with E-state index < -0.39 is 10.0 Å². The van der Waals surface area contributed by atoms with Gasteiger partial charge in [0.05, 0.1) is 18.0 Å². The van der Waals surface area contributed by atoms with Crippen molar-refractivity contribution in [3.05, 3.63) is 42.7 Å². The molecule has 0 unspecified atom stereocenters. The number of fused-ring (bicyclic) bond motifs is 1. The van der Waals surface area contributed by atoms with Crippen LogP contribution in [0.5, 0.6) is 5.75 Å². The van der Waals surface area contributed by atoms with E-state index in [9.17, 15) is 8.42 Å². The fraction of sp³-hybridized carbons (Fsp3) is 0.176. The van der Waals surface area contributed by atoms with Crippen molar-refractivity contribution in [3.8, 4) is 23.0 Å². The van der Waals surface area contributed by atoms with Gasteiger partial charge < -0.3 is 10.5 Å². The molecule has 4 rings (SSSR count). The summed E-state index contributed by atoms with van der Waals surface area (Å²) in [6, 6.07) is 9.06. The zero-order valence-corrected chi connectivity index (χ0v) is 16.1. The Kier molecular flexibility index (Phi) is 4.86. The molecule has 11 nitrogen and oxygen atoms in total. The lowest BCUT2D eigenvalue weighted by molar-refractivity contribution is 0.310. The molecule has 29 heavy (non-hydrogen) atoms. The number of nitrogens with zero attached hydrogens (tertiary/aromatic N) is 5. The van der Waals surface area contributed by atoms with Gasteiger partial charge in [0.2, 0.25) is 10.0 Å². The van der Waals surface area contributed by atoms with Gasteiger partial charge in [-0.3, -0.25) is 9.55 Å². The van der Waals surface area contributed by atoms with E-state index in [1.165, 1.54) is 0 Å². The number of anilines is 1.